The Morgan fingerprint density at radius 3 is 2.47 bits per heavy atom. The second-order valence-electron chi connectivity index (χ2n) is 11.4. The van der Waals surface area contributed by atoms with E-state index in [1.54, 1.807) is 24.0 Å². The molecular formula is C32H42BrN5O7. The summed E-state index contributed by atoms with van der Waals surface area (Å²) in [4.78, 5) is 44.1. The quantitative estimate of drug-likeness (QED) is 0.170. The van der Waals surface area contributed by atoms with Crippen molar-refractivity contribution in [3.05, 3.63) is 46.3 Å². The lowest BCUT2D eigenvalue weighted by Gasteiger charge is -2.28. The molecule has 0 saturated carbocycles. The Labute approximate surface area is 274 Å². The summed E-state index contributed by atoms with van der Waals surface area (Å²) in [6.45, 7) is 10.0. The maximum Gasteiger partial charge on any atom is 0.344 e. The van der Waals surface area contributed by atoms with Crippen molar-refractivity contribution in [2.45, 2.75) is 78.4 Å². The van der Waals surface area contributed by atoms with Crippen LogP contribution in [-0.2, 0) is 16.8 Å². The van der Waals surface area contributed by atoms with Gasteiger partial charge >= 0.3 is 5.97 Å². The van der Waals surface area contributed by atoms with E-state index in [4.69, 9.17) is 24.9 Å². The zero-order valence-corrected chi connectivity index (χ0v) is 28.3. The molecule has 1 aliphatic rings. The van der Waals surface area contributed by atoms with E-state index in [2.05, 4.69) is 16.4 Å². The van der Waals surface area contributed by atoms with E-state index in [9.17, 15) is 19.5 Å². The lowest BCUT2D eigenvalue weighted by Crippen LogP contribution is -2.31. The van der Waals surface area contributed by atoms with Crippen LogP contribution in [0, 0.1) is 16.7 Å². The number of nitrogens with zero attached hydrogens (tertiary/aromatic N) is 3. The van der Waals surface area contributed by atoms with E-state index in [-0.39, 0.29) is 78.3 Å². The summed E-state index contributed by atoms with van der Waals surface area (Å²) in [7, 11) is 1.48. The van der Waals surface area contributed by atoms with Gasteiger partial charge in [-0.25, -0.2) is 9.78 Å². The van der Waals surface area contributed by atoms with E-state index >= 15 is 0 Å². The molecule has 1 aliphatic heterocycles. The number of ether oxygens (including phenoxy) is 3. The van der Waals surface area contributed by atoms with Gasteiger partial charge in [0.2, 0.25) is 0 Å². The number of rotatable bonds is 15. The van der Waals surface area contributed by atoms with Gasteiger partial charge in [-0.05, 0) is 43.4 Å². The molecule has 1 aromatic heterocycles. The molecule has 3 rings (SSSR count). The molecule has 0 saturated heterocycles. The number of ketones is 1. The molecule has 0 radical (unpaired) electrons. The van der Waals surface area contributed by atoms with Crippen molar-refractivity contribution in [3.8, 4) is 23.3 Å². The van der Waals surface area contributed by atoms with E-state index in [1.807, 2.05) is 27.7 Å². The topological polar surface area (TPSA) is 175 Å². The maximum absolute atomic E-state index is 13.8. The molecule has 13 heteroatoms. The van der Waals surface area contributed by atoms with Crippen LogP contribution >= 0.6 is 17.0 Å². The monoisotopic (exact) mass is 687 g/mol. The number of pyridine rings is 1. The van der Waals surface area contributed by atoms with Crippen molar-refractivity contribution in [1.29, 1.82) is 10.7 Å². The van der Waals surface area contributed by atoms with Crippen molar-refractivity contribution in [1.82, 2.24) is 15.2 Å². The molecule has 0 bridgehead atoms. The Kier molecular flexibility index (Phi) is 13.3. The SMILES string of the molecule is Br.CCCC(Oc1c(OCCCC#N)cc(C(=O)CN2Cc3cc(OCC)c(C(=O)NC)nc3C2=N)cc1C(C)(C)C)C(=O)O. The normalized spacial score (nSPS) is 12.8. The van der Waals surface area contributed by atoms with Gasteiger partial charge in [-0.15, -0.1) is 17.0 Å². The van der Waals surface area contributed by atoms with Gasteiger partial charge in [0.25, 0.3) is 5.91 Å². The molecule has 1 amide bonds. The average molecular weight is 689 g/mol. The minimum absolute atomic E-state index is 0. The number of amidine groups is 1. The Morgan fingerprint density at radius 1 is 1.18 bits per heavy atom. The maximum atomic E-state index is 13.8. The molecule has 1 aromatic carbocycles. The number of carbonyl (C=O) groups excluding carboxylic acids is 2. The van der Waals surface area contributed by atoms with Crippen LogP contribution in [0.4, 0.5) is 0 Å². The lowest BCUT2D eigenvalue weighted by atomic mass is 9.84. The van der Waals surface area contributed by atoms with Gasteiger partial charge in [0.15, 0.2) is 34.8 Å². The predicted molar refractivity (Wildman–Crippen MR) is 173 cm³/mol. The highest BCUT2D eigenvalue weighted by molar-refractivity contribution is 8.93. The number of Topliss-reactive ketones (excluding diaryl/α,β-unsaturated/α-hetero) is 1. The molecular weight excluding hydrogens is 646 g/mol. The van der Waals surface area contributed by atoms with Crippen molar-refractivity contribution in [2.75, 3.05) is 26.8 Å². The number of amides is 1. The first-order chi connectivity index (χ1) is 20.9. The molecule has 3 N–H and O–H groups in total. The Hall–Kier alpha value is -4.18. The van der Waals surface area contributed by atoms with Gasteiger partial charge < -0.3 is 29.5 Å². The molecule has 0 aliphatic carbocycles. The minimum Gasteiger partial charge on any atom is -0.491 e. The van der Waals surface area contributed by atoms with Crippen LogP contribution in [0.2, 0.25) is 0 Å². The zero-order chi connectivity index (χ0) is 32.6. The number of unbranched alkanes of at least 4 members (excludes halogenated alkanes) is 1. The van der Waals surface area contributed by atoms with E-state index in [0.29, 0.717) is 47.6 Å². The highest BCUT2D eigenvalue weighted by atomic mass is 79.9. The lowest BCUT2D eigenvalue weighted by molar-refractivity contribution is -0.145. The number of carboxylic acid groups (broad SMARTS) is 1. The average Bonchev–Trinajstić information content (AvgIpc) is 3.27. The zero-order valence-electron chi connectivity index (χ0n) is 26.6. The molecule has 1 atom stereocenters. The first-order valence-electron chi connectivity index (χ1n) is 14.7. The smallest absolute Gasteiger partial charge is 0.344 e. The summed E-state index contributed by atoms with van der Waals surface area (Å²) in [6.07, 6.45) is 0.473. The molecule has 1 unspecified atom stereocenters. The standard InChI is InChI=1S/C32H41N5O7.BrH/c1-7-11-23(31(40)41)44-28-21(32(3,4)5)14-19(15-25(28)43-13-10-9-12-33)22(38)18-37-17-20-16-24(42-8-2)27(30(39)35-6)36-26(20)29(37)34;/h14-16,23,34H,7-11,13,17-18H2,1-6H3,(H,35,39)(H,40,41);1H. The third-order valence-corrected chi connectivity index (χ3v) is 7.01. The highest BCUT2D eigenvalue weighted by Gasteiger charge is 2.33. The number of nitriles is 1. The number of hydrogen-bond acceptors (Lipinski definition) is 9. The summed E-state index contributed by atoms with van der Waals surface area (Å²) < 4.78 is 17.7. The molecule has 2 aromatic rings. The third-order valence-electron chi connectivity index (χ3n) is 7.01. The number of carboxylic acids is 1. The summed E-state index contributed by atoms with van der Waals surface area (Å²) >= 11 is 0. The molecule has 244 valence electrons. The van der Waals surface area contributed by atoms with Crippen LogP contribution < -0.4 is 19.5 Å². The summed E-state index contributed by atoms with van der Waals surface area (Å²) in [5.41, 5.74) is 1.37. The summed E-state index contributed by atoms with van der Waals surface area (Å²) in [5, 5.41) is 30.0. The van der Waals surface area contributed by atoms with Gasteiger partial charge in [0.05, 0.1) is 25.8 Å². The number of halogens is 1. The molecule has 2 heterocycles. The van der Waals surface area contributed by atoms with Crippen molar-refractivity contribution < 1.29 is 33.7 Å². The van der Waals surface area contributed by atoms with Crippen LogP contribution in [-0.4, -0.2) is 71.4 Å². The number of nitrogens with one attached hydrogen (secondary N) is 2. The van der Waals surface area contributed by atoms with E-state index in [1.165, 1.54) is 13.1 Å². The largest absolute Gasteiger partial charge is 0.491 e. The second kappa shape index (κ2) is 16.2. The number of aliphatic carboxylic acids is 1. The van der Waals surface area contributed by atoms with Gasteiger partial charge in [0.1, 0.15) is 11.5 Å². The van der Waals surface area contributed by atoms with Gasteiger partial charge in [-0.1, -0.05) is 34.1 Å². The van der Waals surface area contributed by atoms with Gasteiger partial charge in [0, 0.05) is 36.7 Å². The highest BCUT2D eigenvalue weighted by Crippen LogP contribution is 2.41. The van der Waals surface area contributed by atoms with Crippen molar-refractivity contribution in [2.24, 2.45) is 0 Å². The number of carbonyl (C=O) groups is 3. The first kappa shape index (κ1) is 37.0. The van der Waals surface area contributed by atoms with Gasteiger partial charge in [-0.2, -0.15) is 5.26 Å². The number of aromatic nitrogens is 1. The molecule has 0 fully saturated rings. The Morgan fingerprint density at radius 2 is 1.89 bits per heavy atom. The minimum atomic E-state index is -1.11. The Balaban J connectivity index is 0.00000705. The van der Waals surface area contributed by atoms with Gasteiger partial charge in [-0.3, -0.25) is 15.0 Å². The van der Waals surface area contributed by atoms with Crippen LogP contribution in [0.3, 0.4) is 0 Å². The van der Waals surface area contributed by atoms with Crippen LogP contribution in [0.5, 0.6) is 17.2 Å². The number of benzene rings is 1. The Bertz CT molecular complexity index is 1470. The van der Waals surface area contributed by atoms with Crippen molar-refractivity contribution in [3.63, 3.8) is 0 Å². The van der Waals surface area contributed by atoms with E-state index in [0.717, 1.165) is 0 Å². The summed E-state index contributed by atoms with van der Waals surface area (Å²) in [6, 6.07) is 6.97. The van der Waals surface area contributed by atoms with Crippen molar-refractivity contribution >= 4 is 40.5 Å². The number of hydrogen-bond donors (Lipinski definition) is 3. The predicted octanol–water partition coefficient (Wildman–Crippen LogP) is 5.05. The fourth-order valence-electron chi connectivity index (χ4n) is 4.76. The fraction of sp³-hybridized carbons (Fsp3) is 0.500. The third kappa shape index (κ3) is 8.94. The molecule has 0 spiro atoms. The number of fused-ring (bicyclic) bond motifs is 1. The van der Waals surface area contributed by atoms with E-state index < -0.39 is 23.4 Å². The van der Waals surface area contributed by atoms with Crippen LogP contribution in [0.1, 0.15) is 98.0 Å². The second-order valence-corrected chi connectivity index (χ2v) is 11.4. The first-order valence-corrected chi connectivity index (χ1v) is 14.7. The summed E-state index contributed by atoms with van der Waals surface area (Å²) in [5.74, 6) is -1.06. The van der Waals surface area contributed by atoms with Crippen LogP contribution in [0.15, 0.2) is 18.2 Å². The molecule has 12 nitrogen and oxygen atoms in total. The fourth-order valence-corrected chi connectivity index (χ4v) is 4.76. The molecule has 45 heavy (non-hydrogen) atoms. The van der Waals surface area contributed by atoms with Crippen LogP contribution in [0.25, 0.3) is 0 Å².